The molecular formula is C30H46O6Ti+2. The number of aliphatic hydroxyl groups excluding tert-OH is 2. The first kappa shape index (κ1) is 28.7. The summed E-state index contributed by atoms with van der Waals surface area (Å²) in [4.78, 5) is 19.2. The molecule has 0 aliphatic heterocycles. The Bertz CT molecular complexity index is 776. The predicted molar refractivity (Wildman–Crippen MR) is 140 cm³/mol. The molecule has 0 amide bonds. The van der Waals surface area contributed by atoms with Crippen LogP contribution in [-0.4, -0.2) is 45.0 Å². The van der Waals surface area contributed by atoms with Crippen LogP contribution in [0.2, 0.25) is 0 Å². The van der Waals surface area contributed by atoms with Crippen molar-refractivity contribution in [2.75, 3.05) is 13.2 Å². The Morgan fingerprint density at radius 3 is 1.08 bits per heavy atom. The van der Waals surface area contributed by atoms with E-state index in [0.29, 0.717) is 24.7 Å². The number of hydrogen-bond acceptors (Lipinski definition) is 4. The number of rotatable bonds is 6. The van der Waals surface area contributed by atoms with Gasteiger partial charge in [-0.2, -0.15) is 0 Å². The van der Waals surface area contributed by atoms with Crippen LogP contribution in [0, 0.1) is 46.3 Å². The van der Waals surface area contributed by atoms with E-state index in [1.807, 2.05) is 13.8 Å². The maximum atomic E-state index is 10.4. The third-order valence-corrected chi connectivity index (χ3v) is 10.3. The van der Waals surface area contributed by atoms with Gasteiger partial charge in [-0.1, -0.05) is 0 Å². The third kappa shape index (κ3) is 6.00. The van der Waals surface area contributed by atoms with Gasteiger partial charge in [0.05, 0.1) is 0 Å². The van der Waals surface area contributed by atoms with Crippen molar-refractivity contribution in [3.8, 4) is 0 Å². The second-order valence-electron chi connectivity index (χ2n) is 13.0. The molecule has 8 aliphatic carbocycles. The van der Waals surface area contributed by atoms with Crippen molar-refractivity contribution < 1.29 is 51.0 Å². The number of hydrogen-bond donors (Lipinski definition) is 2. The molecule has 37 heavy (non-hydrogen) atoms. The van der Waals surface area contributed by atoms with Crippen LogP contribution in [0.15, 0.2) is 23.7 Å². The predicted octanol–water partition coefficient (Wildman–Crippen LogP) is 6.36. The van der Waals surface area contributed by atoms with Gasteiger partial charge in [0, 0.05) is 32.5 Å². The van der Waals surface area contributed by atoms with Gasteiger partial charge in [-0.3, -0.25) is 0 Å². The number of esters is 2. The molecule has 0 atom stereocenters. The van der Waals surface area contributed by atoms with Crippen molar-refractivity contribution in [2.24, 2.45) is 46.3 Å². The zero-order valence-electron chi connectivity index (χ0n) is 22.6. The molecule has 0 aromatic heterocycles. The molecule has 0 heterocycles. The molecule has 8 fully saturated rings. The number of carbonyl (C=O) groups excluding carboxylic acids is 2. The van der Waals surface area contributed by atoms with E-state index in [2.05, 4.69) is 0 Å². The van der Waals surface area contributed by atoms with Gasteiger partial charge in [0.15, 0.2) is 13.2 Å². The van der Waals surface area contributed by atoms with Crippen LogP contribution in [0.5, 0.6) is 0 Å². The van der Waals surface area contributed by atoms with E-state index < -0.39 is 0 Å². The largest absolute Gasteiger partial charge is 0.513 e. The molecule has 4 N–H and O–H groups in total. The van der Waals surface area contributed by atoms with Crippen molar-refractivity contribution in [3.63, 3.8) is 0 Å². The van der Waals surface area contributed by atoms with Crippen LogP contribution >= 0.6 is 0 Å². The Balaban J connectivity index is 0.000000168. The molecule has 0 aromatic carbocycles. The number of aliphatic hydroxyl groups is 2. The zero-order chi connectivity index (χ0) is 25.5. The van der Waals surface area contributed by atoms with Crippen LogP contribution in [0.25, 0.3) is 0 Å². The molecule has 0 unspecified atom stereocenters. The van der Waals surface area contributed by atoms with Crippen molar-refractivity contribution >= 4 is 11.9 Å². The summed E-state index contributed by atoms with van der Waals surface area (Å²) in [6.45, 7) is 4.50. The Morgan fingerprint density at radius 2 is 0.865 bits per heavy atom. The van der Waals surface area contributed by atoms with Crippen LogP contribution in [-0.2, 0) is 31.2 Å². The SMILES string of the molecule is CCOC(=[OH+])/C=C(\O)C12CC3CC(CC(C3)C1)C2.CCOC(=[OH+])/C=C(\O)C12CC3CC(CC(C3)C1)C2.[Ti]. The summed E-state index contributed by atoms with van der Waals surface area (Å²) >= 11 is 0. The molecule has 6 nitrogen and oxygen atoms in total. The first-order valence-corrected chi connectivity index (χ1v) is 14.4. The average molecular weight is 551 g/mol. The normalized spacial score (nSPS) is 40.9. The number of ether oxygens (including phenoxy) is 2. The minimum Gasteiger partial charge on any atom is -0.511 e. The van der Waals surface area contributed by atoms with Crippen LogP contribution in [0.3, 0.4) is 0 Å². The van der Waals surface area contributed by atoms with E-state index in [1.165, 1.54) is 50.7 Å². The fourth-order valence-corrected chi connectivity index (χ4v) is 9.77. The molecule has 204 valence electrons. The Morgan fingerprint density at radius 1 is 0.622 bits per heavy atom. The standard InChI is InChI=1S/2C15H22O3.Ti/c2*1-2-18-14(17)6-13(16)15-7-10-3-11(8-15)5-12(4-10)9-15;/h2*6,10-12,16H,2-5,7-9H2,1H3;/p+2/b2*13-6-;. The van der Waals surface area contributed by atoms with Gasteiger partial charge in [-0.05, 0) is 126 Å². The van der Waals surface area contributed by atoms with Crippen molar-refractivity contribution in [2.45, 2.75) is 90.9 Å². The van der Waals surface area contributed by atoms with Gasteiger partial charge in [-0.15, -0.1) is 0 Å². The van der Waals surface area contributed by atoms with Gasteiger partial charge in [-0.25, -0.2) is 0 Å². The fourth-order valence-electron chi connectivity index (χ4n) is 9.77. The molecule has 0 aromatic rings. The van der Waals surface area contributed by atoms with E-state index in [0.717, 1.165) is 74.0 Å². The van der Waals surface area contributed by atoms with E-state index in [1.54, 1.807) is 0 Å². The summed E-state index contributed by atoms with van der Waals surface area (Å²) in [7, 11) is 0. The van der Waals surface area contributed by atoms with Crippen molar-refractivity contribution in [1.29, 1.82) is 0 Å². The molecular weight excluding hydrogens is 504 g/mol. The minimum atomic E-state index is -0.147. The second kappa shape index (κ2) is 11.5. The van der Waals surface area contributed by atoms with E-state index in [4.69, 9.17) is 9.47 Å². The maximum Gasteiger partial charge on any atom is 0.513 e. The Kier molecular flexibility index (Phi) is 8.90. The molecule has 0 spiro atoms. The molecule has 8 aliphatic rings. The number of allylic oxidation sites excluding steroid dienone is 2. The summed E-state index contributed by atoms with van der Waals surface area (Å²) in [6.07, 6.45) is 17.6. The smallest absolute Gasteiger partial charge is 0.511 e. The van der Waals surface area contributed by atoms with E-state index >= 15 is 0 Å². The summed E-state index contributed by atoms with van der Waals surface area (Å²) in [6, 6.07) is 0. The van der Waals surface area contributed by atoms with Crippen LogP contribution in [0.4, 0.5) is 0 Å². The first-order valence-electron chi connectivity index (χ1n) is 14.4. The Labute approximate surface area is 236 Å². The van der Waals surface area contributed by atoms with Gasteiger partial charge in [0.25, 0.3) is 0 Å². The molecule has 8 saturated carbocycles. The minimum absolute atomic E-state index is 0. The van der Waals surface area contributed by atoms with Crippen LogP contribution < -0.4 is 0 Å². The zero-order valence-corrected chi connectivity index (χ0v) is 24.2. The monoisotopic (exact) mass is 550 g/mol. The Hall–Kier alpha value is -1.27. The van der Waals surface area contributed by atoms with E-state index in [9.17, 15) is 19.8 Å². The summed E-state index contributed by atoms with van der Waals surface area (Å²) < 4.78 is 10.0. The maximum absolute atomic E-state index is 10.4. The van der Waals surface area contributed by atoms with Crippen LogP contribution in [0.1, 0.15) is 90.9 Å². The van der Waals surface area contributed by atoms with Crippen molar-refractivity contribution in [3.05, 3.63) is 23.7 Å². The van der Waals surface area contributed by atoms with Gasteiger partial charge < -0.3 is 29.3 Å². The first-order chi connectivity index (χ1) is 17.2. The molecule has 0 radical (unpaired) electrons. The van der Waals surface area contributed by atoms with Gasteiger partial charge in [0.2, 0.25) is 0 Å². The summed E-state index contributed by atoms with van der Waals surface area (Å²) in [5, 5.41) is 20.8. The van der Waals surface area contributed by atoms with Gasteiger partial charge in [0.1, 0.15) is 23.7 Å². The van der Waals surface area contributed by atoms with Gasteiger partial charge >= 0.3 is 11.9 Å². The average Bonchev–Trinajstić information content (AvgIpc) is 2.78. The molecule has 8 bridgehead atoms. The third-order valence-electron chi connectivity index (χ3n) is 10.3. The fraction of sp³-hybridized carbons (Fsp3) is 0.800. The van der Waals surface area contributed by atoms with E-state index in [-0.39, 0.29) is 44.5 Å². The quantitative estimate of drug-likeness (QED) is 0.132. The summed E-state index contributed by atoms with van der Waals surface area (Å²) in [5.74, 6) is 5.17. The van der Waals surface area contributed by atoms with Crippen molar-refractivity contribution in [1.82, 2.24) is 0 Å². The summed E-state index contributed by atoms with van der Waals surface area (Å²) in [5.41, 5.74) is -0.111. The molecule has 7 heteroatoms. The topological polar surface area (TPSA) is 102 Å². The second-order valence-corrected chi connectivity index (χ2v) is 13.0. The molecule has 0 saturated heterocycles. The molecule has 8 rings (SSSR count).